The average Bonchev–Trinajstić information content (AvgIpc) is 2.74. The number of hydrogen-bond acceptors (Lipinski definition) is 5. The molecule has 2 aliphatic heterocycles. The Balaban J connectivity index is 1.54. The van der Waals surface area contributed by atoms with E-state index >= 15 is 0 Å². The van der Waals surface area contributed by atoms with Crippen LogP contribution in [0, 0.1) is 5.82 Å². The third-order valence-corrected chi connectivity index (χ3v) is 5.49. The number of rotatable bonds is 5. The van der Waals surface area contributed by atoms with E-state index < -0.39 is 24.5 Å². The molecule has 1 aromatic rings. The number of ether oxygens (including phenoxy) is 2. The van der Waals surface area contributed by atoms with Crippen LogP contribution in [0.1, 0.15) is 11.1 Å². The van der Waals surface area contributed by atoms with Gasteiger partial charge in [-0.05, 0) is 0 Å². The number of benzene rings is 1. The highest BCUT2D eigenvalue weighted by atomic mass is 19.4. The van der Waals surface area contributed by atoms with E-state index in [2.05, 4.69) is 9.64 Å². The number of halogens is 7. The smallest absolute Gasteiger partial charge is 0.426 e. The molecule has 0 aromatic heterocycles. The largest absolute Gasteiger partial charge is 0.434 e. The van der Waals surface area contributed by atoms with Crippen LogP contribution in [0.2, 0.25) is 0 Å². The van der Waals surface area contributed by atoms with Crippen molar-refractivity contribution in [2.45, 2.75) is 31.5 Å². The molecule has 1 amide bonds. The van der Waals surface area contributed by atoms with E-state index in [0.717, 1.165) is 4.90 Å². The molecule has 33 heavy (non-hydrogen) atoms. The molecule has 2 saturated heterocycles. The van der Waals surface area contributed by atoms with Crippen LogP contribution >= 0.6 is 0 Å². The van der Waals surface area contributed by atoms with E-state index in [4.69, 9.17) is 4.74 Å². The molecule has 0 bridgehead atoms. The quantitative estimate of drug-likeness (QED) is 0.596. The fourth-order valence-corrected chi connectivity index (χ4v) is 3.70. The van der Waals surface area contributed by atoms with Crippen LogP contribution in [0.15, 0.2) is 18.2 Å². The third kappa shape index (κ3) is 6.93. The Bertz CT molecular complexity index is 791. The summed E-state index contributed by atoms with van der Waals surface area (Å²) in [6.07, 6.45) is -17.4. The van der Waals surface area contributed by atoms with E-state index in [1.807, 2.05) is 0 Å². The van der Waals surface area contributed by atoms with Crippen molar-refractivity contribution < 1.29 is 45.0 Å². The molecule has 0 N–H and O–H groups in total. The minimum Gasteiger partial charge on any atom is -0.426 e. The summed E-state index contributed by atoms with van der Waals surface area (Å²) in [6.45, 7) is 3.20. The molecule has 0 unspecified atom stereocenters. The highest BCUT2D eigenvalue weighted by Crippen LogP contribution is 2.36. The maximum absolute atomic E-state index is 15.0. The van der Waals surface area contributed by atoms with Crippen molar-refractivity contribution in [1.82, 2.24) is 14.7 Å². The zero-order chi connectivity index (χ0) is 24.2. The number of nitrogens with zero attached hydrogens (tertiary/aromatic N) is 3. The van der Waals surface area contributed by atoms with Gasteiger partial charge in [-0.15, -0.1) is 0 Å². The number of hydrogen-bond donors (Lipinski definition) is 0. The van der Waals surface area contributed by atoms with Gasteiger partial charge in [-0.2, -0.15) is 26.3 Å². The van der Waals surface area contributed by atoms with Gasteiger partial charge in [-0.25, -0.2) is 9.18 Å². The highest BCUT2D eigenvalue weighted by Gasteiger charge is 2.60. The van der Waals surface area contributed by atoms with Gasteiger partial charge in [-0.3, -0.25) is 9.80 Å². The summed E-state index contributed by atoms with van der Waals surface area (Å²) in [5.41, 5.74) is 0.952. The van der Waals surface area contributed by atoms with Crippen LogP contribution in [0.25, 0.3) is 0 Å². The molecule has 3 rings (SSSR count). The van der Waals surface area contributed by atoms with Crippen LogP contribution < -0.4 is 0 Å². The molecule has 0 radical (unpaired) electrons. The summed E-state index contributed by atoms with van der Waals surface area (Å²) in [7, 11) is 0. The van der Waals surface area contributed by atoms with Gasteiger partial charge >= 0.3 is 18.4 Å². The van der Waals surface area contributed by atoms with Gasteiger partial charge in [0.15, 0.2) is 0 Å². The second kappa shape index (κ2) is 10.4. The first-order valence-electron chi connectivity index (χ1n) is 10.3. The molecule has 0 saturated carbocycles. The Morgan fingerprint density at radius 2 is 1.36 bits per heavy atom. The summed E-state index contributed by atoms with van der Waals surface area (Å²) in [5.74, 6) is -0.357. The Morgan fingerprint density at radius 1 is 0.879 bits per heavy atom. The third-order valence-electron chi connectivity index (χ3n) is 5.49. The SMILES string of the molecule is O=C(OC(C(F)(F)F)C(F)(F)F)N1CCN(Cc2cccc(CN3CCOCC3)c2F)CC1. The Kier molecular flexibility index (Phi) is 8.06. The van der Waals surface area contributed by atoms with Crippen molar-refractivity contribution in [3.05, 3.63) is 35.1 Å². The molecular formula is C20H24F7N3O3. The van der Waals surface area contributed by atoms with Gasteiger partial charge < -0.3 is 14.4 Å². The summed E-state index contributed by atoms with van der Waals surface area (Å²) < 4.78 is 99.6. The molecule has 0 aliphatic carbocycles. The molecule has 186 valence electrons. The normalized spacial score (nSPS) is 19.2. The van der Waals surface area contributed by atoms with E-state index in [-0.39, 0.29) is 38.5 Å². The number of amides is 1. The van der Waals surface area contributed by atoms with Crippen LogP contribution in [-0.2, 0) is 22.6 Å². The topological polar surface area (TPSA) is 45.2 Å². The lowest BCUT2D eigenvalue weighted by Gasteiger charge is -2.35. The summed E-state index contributed by atoms with van der Waals surface area (Å²) >= 11 is 0. The summed E-state index contributed by atoms with van der Waals surface area (Å²) in [5, 5.41) is 0. The maximum atomic E-state index is 15.0. The van der Waals surface area contributed by atoms with Crippen molar-refractivity contribution in [3.8, 4) is 0 Å². The molecule has 13 heteroatoms. The Hall–Kier alpha value is -2.12. The minimum atomic E-state index is -5.76. The number of carbonyl (C=O) groups excluding carboxylic acids is 1. The van der Waals surface area contributed by atoms with Crippen LogP contribution in [0.3, 0.4) is 0 Å². The fourth-order valence-electron chi connectivity index (χ4n) is 3.70. The fraction of sp³-hybridized carbons (Fsp3) is 0.650. The van der Waals surface area contributed by atoms with E-state index in [9.17, 15) is 35.5 Å². The molecule has 1 aromatic carbocycles. The van der Waals surface area contributed by atoms with Gasteiger partial charge in [-0.1, -0.05) is 18.2 Å². The van der Waals surface area contributed by atoms with E-state index in [0.29, 0.717) is 44.0 Å². The van der Waals surface area contributed by atoms with E-state index in [1.165, 1.54) is 0 Å². The molecule has 2 fully saturated rings. The molecule has 0 spiro atoms. The Labute approximate surface area is 185 Å². The average molecular weight is 487 g/mol. The van der Waals surface area contributed by atoms with Crippen molar-refractivity contribution in [2.75, 3.05) is 52.5 Å². The van der Waals surface area contributed by atoms with Crippen molar-refractivity contribution in [3.63, 3.8) is 0 Å². The molecule has 2 heterocycles. The van der Waals surface area contributed by atoms with Gasteiger partial charge in [0.25, 0.3) is 6.10 Å². The van der Waals surface area contributed by atoms with Crippen molar-refractivity contribution in [1.29, 1.82) is 0 Å². The lowest BCUT2D eigenvalue weighted by atomic mass is 10.1. The lowest BCUT2D eigenvalue weighted by Crippen LogP contribution is -2.52. The molecule has 6 nitrogen and oxygen atoms in total. The number of alkyl halides is 6. The molecule has 0 atom stereocenters. The van der Waals surface area contributed by atoms with Crippen LogP contribution in [0.5, 0.6) is 0 Å². The van der Waals surface area contributed by atoms with Gasteiger partial charge in [0, 0.05) is 63.5 Å². The zero-order valence-electron chi connectivity index (χ0n) is 17.6. The number of morpholine rings is 1. The molecule has 2 aliphatic rings. The summed E-state index contributed by atoms with van der Waals surface area (Å²) in [4.78, 5) is 16.5. The predicted molar refractivity (Wildman–Crippen MR) is 102 cm³/mol. The first-order valence-corrected chi connectivity index (χ1v) is 10.3. The monoisotopic (exact) mass is 487 g/mol. The van der Waals surface area contributed by atoms with Crippen LogP contribution in [-0.4, -0.2) is 91.7 Å². The second-order valence-corrected chi connectivity index (χ2v) is 7.89. The number of carbonyl (C=O) groups is 1. The predicted octanol–water partition coefficient (Wildman–Crippen LogP) is 3.41. The maximum Gasteiger partial charge on any atom is 0.434 e. The van der Waals surface area contributed by atoms with Gasteiger partial charge in [0.05, 0.1) is 13.2 Å². The number of piperazine rings is 1. The second-order valence-electron chi connectivity index (χ2n) is 7.89. The molecular weight excluding hydrogens is 463 g/mol. The highest BCUT2D eigenvalue weighted by molar-refractivity contribution is 5.68. The lowest BCUT2D eigenvalue weighted by molar-refractivity contribution is -0.308. The van der Waals surface area contributed by atoms with Gasteiger partial charge in [0.1, 0.15) is 5.82 Å². The van der Waals surface area contributed by atoms with Gasteiger partial charge in [0.2, 0.25) is 0 Å². The minimum absolute atomic E-state index is 0.143. The first-order chi connectivity index (χ1) is 15.4. The first kappa shape index (κ1) is 25.5. The zero-order valence-corrected chi connectivity index (χ0v) is 17.6. The van der Waals surface area contributed by atoms with Crippen molar-refractivity contribution >= 4 is 6.09 Å². The Morgan fingerprint density at radius 3 is 1.85 bits per heavy atom. The van der Waals surface area contributed by atoms with Crippen LogP contribution in [0.4, 0.5) is 35.5 Å². The van der Waals surface area contributed by atoms with Crippen molar-refractivity contribution in [2.24, 2.45) is 0 Å². The summed E-state index contributed by atoms with van der Waals surface area (Å²) in [6, 6.07) is 5.05. The van der Waals surface area contributed by atoms with E-state index in [1.54, 1.807) is 23.1 Å². The standard InChI is InChI=1S/C20H24F7N3O3/c21-16-14(2-1-3-15(16)13-29-8-10-32-11-9-29)12-28-4-6-30(7-5-28)18(31)33-17(19(22,23)24)20(25,26)27/h1-3,17H,4-13H2.